The van der Waals surface area contributed by atoms with Gasteiger partial charge in [0.15, 0.2) is 0 Å². The number of hydrogen-bond donors (Lipinski definition) is 1. The standard InChI is InChI=1S/C12H20NO2.ClH/c1-13(2,3)9-11(14)10-15-12-7-5-4-6-8-12;/h4-8,11,14H,9-10H2,1-3H3;1H/q+1;/p-1. The van der Waals surface area contributed by atoms with Gasteiger partial charge in [0.1, 0.15) is 25.0 Å². The number of benzene rings is 1. The summed E-state index contributed by atoms with van der Waals surface area (Å²) in [5.74, 6) is 0.804. The maximum absolute atomic E-state index is 9.71. The van der Waals surface area contributed by atoms with Gasteiger partial charge in [0.2, 0.25) is 0 Å². The number of quaternary nitrogens is 1. The topological polar surface area (TPSA) is 29.5 Å². The van der Waals surface area contributed by atoms with E-state index in [1.807, 2.05) is 51.5 Å². The van der Waals surface area contributed by atoms with Crippen molar-refractivity contribution in [1.82, 2.24) is 0 Å². The molecule has 0 aromatic heterocycles. The molecule has 0 fully saturated rings. The third kappa shape index (κ3) is 6.67. The average Bonchev–Trinajstić information content (AvgIpc) is 2.14. The summed E-state index contributed by atoms with van der Waals surface area (Å²) in [6.07, 6.45) is -0.426. The van der Waals surface area contributed by atoms with Gasteiger partial charge in [0, 0.05) is 0 Å². The number of nitrogens with zero attached hydrogens (tertiary/aromatic N) is 1. The summed E-state index contributed by atoms with van der Waals surface area (Å²) in [7, 11) is 6.14. The smallest absolute Gasteiger partial charge is 0.137 e. The molecule has 0 spiro atoms. The molecule has 1 rings (SSSR count). The van der Waals surface area contributed by atoms with E-state index in [0.29, 0.717) is 13.2 Å². The van der Waals surface area contributed by atoms with Crippen LogP contribution in [-0.2, 0) is 0 Å². The Bertz CT molecular complexity index is 285. The number of ether oxygens (including phenoxy) is 1. The Morgan fingerprint density at radius 2 is 1.75 bits per heavy atom. The highest BCUT2D eigenvalue weighted by Gasteiger charge is 2.15. The van der Waals surface area contributed by atoms with Gasteiger partial charge in [-0.15, -0.1) is 0 Å². The quantitative estimate of drug-likeness (QED) is 0.617. The first-order valence-corrected chi connectivity index (χ1v) is 5.14. The molecule has 1 N–H and O–H groups in total. The summed E-state index contributed by atoms with van der Waals surface area (Å²) in [5.41, 5.74) is 0. The molecule has 0 aliphatic carbocycles. The number of halogens is 1. The molecule has 0 amide bonds. The Kier molecular flexibility index (Phi) is 6.41. The van der Waals surface area contributed by atoms with Crippen molar-refractivity contribution in [2.75, 3.05) is 34.3 Å². The number of aliphatic hydroxyl groups is 1. The fourth-order valence-corrected chi connectivity index (χ4v) is 1.39. The first-order valence-electron chi connectivity index (χ1n) is 5.14. The maximum Gasteiger partial charge on any atom is 0.137 e. The van der Waals surface area contributed by atoms with Crippen molar-refractivity contribution >= 4 is 0 Å². The van der Waals surface area contributed by atoms with Crippen LogP contribution in [0.5, 0.6) is 5.75 Å². The second-order valence-corrected chi connectivity index (χ2v) is 4.75. The van der Waals surface area contributed by atoms with Crippen LogP contribution in [0.15, 0.2) is 30.3 Å². The molecule has 0 saturated heterocycles. The highest BCUT2D eigenvalue weighted by atomic mass is 35.5. The van der Waals surface area contributed by atoms with Crippen molar-refractivity contribution in [3.8, 4) is 5.75 Å². The largest absolute Gasteiger partial charge is 1.00 e. The fraction of sp³-hybridized carbons (Fsp3) is 0.500. The minimum Gasteiger partial charge on any atom is -1.00 e. The summed E-state index contributed by atoms with van der Waals surface area (Å²) < 4.78 is 6.19. The minimum absolute atomic E-state index is 0. The second-order valence-electron chi connectivity index (χ2n) is 4.75. The van der Waals surface area contributed by atoms with Crippen LogP contribution < -0.4 is 17.1 Å². The normalized spacial score (nSPS) is 12.8. The third-order valence-corrected chi connectivity index (χ3v) is 1.94. The van der Waals surface area contributed by atoms with Crippen molar-refractivity contribution in [3.05, 3.63) is 30.3 Å². The van der Waals surface area contributed by atoms with Crippen LogP contribution in [0.25, 0.3) is 0 Å². The van der Waals surface area contributed by atoms with E-state index in [9.17, 15) is 5.11 Å². The SMILES string of the molecule is C[N+](C)(C)CC(O)COc1ccccc1.[Cl-]. The first-order chi connectivity index (χ1) is 6.97. The van der Waals surface area contributed by atoms with Crippen LogP contribution in [0.4, 0.5) is 0 Å². The number of likely N-dealkylation sites (N-methyl/N-ethyl adjacent to an activating group) is 1. The third-order valence-electron chi connectivity index (χ3n) is 1.94. The second kappa shape index (κ2) is 6.74. The van der Waals surface area contributed by atoms with E-state index in [0.717, 1.165) is 10.2 Å². The Balaban J connectivity index is 0.00000225. The summed E-state index contributed by atoms with van der Waals surface area (Å²) in [4.78, 5) is 0. The Morgan fingerprint density at radius 1 is 1.19 bits per heavy atom. The number of hydrogen-bond acceptors (Lipinski definition) is 2. The van der Waals surface area contributed by atoms with Crippen molar-refractivity contribution in [1.29, 1.82) is 0 Å². The molecule has 1 unspecified atom stereocenters. The van der Waals surface area contributed by atoms with Gasteiger partial charge in [0.05, 0.1) is 21.1 Å². The molecular weight excluding hydrogens is 226 g/mol. The van der Waals surface area contributed by atoms with E-state index in [4.69, 9.17) is 4.74 Å². The molecule has 4 heteroatoms. The molecule has 0 aliphatic heterocycles. The summed E-state index contributed by atoms with van der Waals surface area (Å²) in [5, 5.41) is 9.71. The number of aliphatic hydroxyl groups excluding tert-OH is 1. The van der Waals surface area contributed by atoms with E-state index < -0.39 is 6.10 Å². The molecule has 0 saturated carbocycles. The molecule has 0 radical (unpaired) electrons. The fourth-order valence-electron chi connectivity index (χ4n) is 1.39. The Labute approximate surface area is 104 Å². The monoisotopic (exact) mass is 245 g/mol. The lowest BCUT2D eigenvalue weighted by Crippen LogP contribution is -3.00. The minimum atomic E-state index is -0.426. The van der Waals surface area contributed by atoms with Crippen LogP contribution in [0.2, 0.25) is 0 Å². The van der Waals surface area contributed by atoms with Crippen LogP contribution in [0.3, 0.4) is 0 Å². The molecule has 1 aromatic carbocycles. The Hall–Kier alpha value is -0.770. The molecule has 1 aromatic rings. The van der Waals surface area contributed by atoms with Crippen molar-refractivity contribution in [2.45, 2.75) is 6.10 Å². The van der Waals surface area contributed by atoms with Gasteiger partial charge in [-0.3, -0.25) is 0 Å². The summed E-state index contributed by atoms with van der Waals surface area (Å²) in [6, 6.07) is 9.55. The van der Waals surface area contributed by atoms with E-state index >= 15 is 0 Å². The molecule has 16 heavy (non-hydrogen) atoms. The lowest BCUT2D eigenvalue weighted by atomic mass is 10.3. The molecule has 0 heterocycles. The average molecular weight is 246 g/mol. The Morgan fingerprint density at radius 3 is 2.25 bits per heavy atom. The van der Waals surface area contributed by atoms with Crippen LogP contribution in [0.1, 0.15) is 0 Å². The van der Waals surface area contributed by atoms with E-state index in [-0.39, 0.29) is 12.4 Å². The van der Waals surface area contributed by atoms with Gasteiger partial charge >= 0.3 is 0 Å². The summed E-state index contributed by atoms with van der Waals surface area (Å²) >= 11 is 0. The predicted octanol–water partition coefficient (Wildman–Crippen LogP) is -1.86. The van der Waals surface area contributed by atoms with Crippen molar-refractivity contribution < 1.29 is 26.7 Å². The molecule has 0 bridgehead atoms. The van der Waals surface area contributed by atoms with Crippen LogP contribution >= 0.6 is 0 Å². The maximum atomic E-state index is 9.71. The molecule has 3 nitrogen and oxygen atoms in total. The number of para-hydroxylation sites is 1. The van der Waals surface area contributed by atoms with E-state index in [2.05, 4.69) is 0 Å². The molecular formula is C12H20ClNO2. The van der Waals surface area contributed by atoms with Gasteiger partial charge in [0.25, 0.3) is 0 Å². The van der Waals surface area contributed by atoms with Gasteiger partial charge in [-0.2, -0.15) is 0 Å². The van der Waals surface area contributed by atoms with Gasteiger partial charge in [-0.1, -0.05) is 18.2 Å². The highest BCUT2D eigenvalue weighted by Crippen LogP contribution is 2.08. The van der Waals surface area contributed by atoms with Crippen molar-refractivity contribution in [3.63, 3.8) is 0 Å². The van der Waals surface area contributed by atoms with E-state index in [1.54, 1.807) is 0 Å². The first kappa shape index (κ1) is 15.2. The zero-order chi connectivity index (χ0) is 11.3. The number of rotatable bonds is 5. The summed E-state index contributed by atoms with van der Waals surface area (Å²) in [6.45, 7) is 1.03. The zero-order valence-electron chi connectivity index (χ0n) is 10.1. The molecule has 1 atom stereocenters. The lowest BCUT2D eigenvalue weighted by molar-refractivity contribution is -0.873. The molecule has 92 valence electrons. The van der Waals surface area contributed by atoms with E-state index in [1.165, 1.54) is 0 Å². The van der Waals surface area contributed by atoms with Gasteiger partial charge < -0.3 is 26.7 Å². The van der Waals surface area contributed by atoms with Gasteiger partial charge in [-0.05, 0) is 12.1 Å². The highest BCUT2D eigenvalue weighted by molar-refractivity contribution is 5.20. The van der Waals surface area contributed by atoms with Crippen LogP contribution in [-0.4, -0.2) is 50.0 Å². The predicted molar refractivity (Wildman–Crippen MR) is 60.8 cm³/mol. The zero-order valence-corrected chi connectivity index (χ0v) is 10.8. The van der Waals surface area contributed by atoms with Crippen molar-refractivity contribution in [2.24, 2.45) is 0 Å². The lowest BCUT2D eigenvalue weighted by Gasteiger charge is -2.26. The van der Waals surface area contributed by atoms with Gasteiger partial charge in [-0.25, -0.2) is 0 Å². The molecule has 0 aliphatic rings. The van der Waals surface area contributed by atoms with Crippen LogP contribution in [0, 0.1) is 0 Å².